The van der Waals surface area contributed by atoms with Crippen molar-refractivity contribution < 1.29 is 28.6 Å². The van der Waals surface area contributed by atoms with Crippen LogP contribution in [-0.2, 0) is 28.6 Å². The van der Waals surface area contributed by atoms with Gasteiger partial charge in [0.15, 0.2) is 6.10 Å². The van der Waals surface area contributed by atoms with Crippen LogP contribution in [0, 0.1) is 0 Å². The number of hydrogen-bond acceptors (Lipinski definition) is 6. The number of carbonyl (C=O) groups excluding carboxylic acids is 3. The minimum Gasteiger partial charge on any atom is -0.462 e. The zero-order valence-corrected chi connectivity index (χ0v) is 40.8. The summed E-state index contributed by atoms with van der Waals surface area (Å²) < 4.78 is 16.8. The lowest BCUT2D eigenvalue weighted by molar-refractivity contribution is -0.167. The van der Waals surface area contributed by atoms with Crippen molar-refractivity contribution in [2.45, 2.75) is 316 Å². The van der Waals surface area contributed by atoms with Gasteiger partial charge in [-0.1, -0.05) is 271 Å². The minimum atomic E-state index is -0.759. The smallest absolute Gasteiger partial charge is 0.306 e. The number of rotatable bonds is 50. The van der Waals surface area contributed by atoms with Gasteiger partial charge in [0.05, 0.1) is 0 Å². The van der Waals surface area contributed by atoms with Crippen LogP contribution in [0.15, 0.2) is 0 Å². The van der Waals surface area contributed by atoms with Crippen molar-refractivity contribution in [1.29, 1.82) is 0 Å². The van der Waals surface area contributed by atoms with Gasteiger partial charge in [-0.15, -0.1) is 0 Å². The molecule has 0 radical (unpaired) electrons. The first-order chi connectivity index (χ1) is 29.5. The van der Waals surface area contributed by atoms with Crippen LogP contribution in [-0.4, -0.2) is 37.2 Å². The molecule has 0 aromatic carbocycles. The van der Waals surface area contributed by atoms with Crippen molar-refractivity contribution in [3.05, 3.63) is 0 Å². The summed E-state index contributed by atoms with van der Waals surface area (Å²) in [5, 5.41) is 0. The predicted molar refractivity (Wildman–Crippen MR) is 257 cm³/mol. The molecule has 0 aliphatic rings. The van der Waals surface area contributed by atoms with E-state index in [4.69, 9.17) is 14.2 Å². The minimum absolute atomic E-state index is 0.0615. The molecule has 0 amide bonds. The zero-order chi connectivity index (χ0) is 43.7. The Hall–Kier alpha value is -1.59. The maximum absolute atomic E-state index is 12.8. The number of unbranched alkanes of at least 4 members (excludes halogenated alkanes) is 39. The van der Waals surface area contributed by atoms with E-state index in [2.05, 4.69) is 20.8 Å². The highest BCUT2D eigenvalue weighted by Gasteiger charge is 2.19. The molecule has 0 N–H and O–H groups in total. The summed E-state index contributed by atoms with van der Waals surface area (Å²) in [6, 6.07) is 0. The molecule has 0 saturated heterocycles. The Kier molecular flexibility index (Phi) is 48.7. The Bertz CT molecular complexity index is 889. The predicted octanol–water partition coefficient (Wildman–Crippen LogP) is 17.6. The van der Waals surface area contributed by atoms with E-state index in [1.54, 1.807) is 0 Å². The molecule has 0 aliphatic heterocycles. The fraction of sp³-hybridized carbons (Fsp3) is 0.944. The summed E-state index contributed by atoms with van der Waals surface area (Å²) >= 11 is 0. The van der Waals surface area contributed by atoms with Gasteiger partial charge in [-0.05, 0) is 19.3 Å². The topological polar surface area (TPSA) is 78.9 Å². The van der Waals surface area contributed by atoms with Crippen molar-refractivity contribution in [2.24, 2.45) is 0 Å². The summed E-state index contributed by atoms with van der Waals surface area (Å²) in [5.74, 6) is -0.838. The lowest BCUT2D eigenvalue weighted by Gasteiger charge is -2.18. The quantitative estimate of drug-likeness (QED) is 0.0345. The molecule has 0 aromatic heterocycles. The summed E-state index contributed by atoms with van der Waals surface area (Å²) in [5.41, 5.74) is 0. The van der Waals surface area contributed by atoms with Crippen molar-refractivity contribution >= 4 is 17.9 Å². The summed E-state index contributed by atoms with van der Waals surface area (Å²) in [4.78, 5) is 38.0. The Balaban J connectivity index is 4.27. The van der Waals surface area contributed by atoms with Gasteiger partial charge in [0.1, 0.15) is 13.2 Å². The Morgan fingerprint density at radius 1 is 0.267 bits per heavy atom. The first-order valence-electron chi connectivity index (χ1n) is 27.0. The van der Waals surface area contributed by atoms with Crippen LogP contribution >= 0.6 is 0 Å². The third kappa shape index (κ3) is 47.5. The van der Waals surface area contributed by atoms with Gasteiger partial charge in [-0.25, -0.2) is 0 Å². The Labute approximate surface area is 374 Å². The van der Waals surface area contributed by atoms with Gasteiger partial charge < -0.3 is 14.2 Å². The maximum atomic E-state index is 12.8. The van der Waals surface area contributed by atoms with Crippen LogP contribution in [0.2, 0.25) is 0 Å². The van der Waals surface area contributed by atoms with Gasteiger partial charge >= 0.3 is 17.9 Å². The number of ether oxygens (including phenoxy) is 3. The second-order valence-electron chi connectivity index (χ2n) is 18.5. The molecule has 0 spiro atoms. The van der Waals surface area contributed by atoms with E-state index in [9.17, 15) is 14.4 Å². The van der Waals surface area contributed by atoms with E-state index in [-0.39, 0.29) is 31.1 Å². The highest BCUT2D eigenvalue weighted by molar-refractivity contribution is 5.71. The molecular formula is C54H104O6. The van der Waals surface area contributed by atoms with Crippen molar-refractivity contribution in [3.8, 4) is 0 Å². The molecule has 0 aliphatic carbocycles. The lowest BCUT2D eigenvalue weighted by Crippen LogP contribution is -2.30. The summed E-state index contributed by atoms with van der Waals surface area (Å²) in [7, 11) is 0. The Morgan fingerprint density at radius 2 is 0.450 bits per heavy atom. The fourth-order valence-electron chi connectivity index (χ4n) is 8.27. The van der Waals surface area contributed by atoms with Gasteiger partial charge in [0.2, 0.25) is 0 Å². The van der Waals surface area contributed by atoms with E-state index in [0.29, 0.717) is 19.3 Å². The molecule has 0 saturated carbocycles. The third-order valence-corrected chi connectivity index (χ3v) is 12.4. The molecule has 0 aromatic rings. The van der Waals surface area contributed by atoms with Gasteiger partial charge in [-0.3, -0.25) is 14.4 Å². The molecule has 356 valence electrons. The second-order valence-corrected chi connectivity index (χ2v) is 18.5. The van der Waals surface area contributed by atoms with E-state index in [1.807, 2.05) is 0 Å². The maximum Gasteiger partial charge on any atom is 0.306 e. The molecule has 6 heteroatoms. The normalized spacial score (nSPS) is 11.8. The van der Waals surface area contributed by atoms with E-state index < -0.39 is 6.10 Å². The van der Waals surface area contributed by atoms with Crippen LogP contribution in [0.25, 0.3) is 0 Å². The average molecular weight is 849 g/mol. The molecule has 6 nitrogen and oxygen atoms in total. The molecule has 0 bridgehead atoms. The van der Waals surface area contributed by atoms with Crippen LogP contribution in [0.5, 0.6) is 0 Å². The standard InChI is InChI=1S/C54H104O6/c1-4-7-10-13-16-19-22-25-26-27-28-30-32-35-38-41-44-47-53(56)59-50-51(49-58-52(55)46-43-40-37-34-31-24-21-18-15-12-9-6-3)60-54(57)48-45-42-39-36-33-29-23-20-17-14-11-8-5-2/h51H,4-50H2,1-3H3/t51-/m1/s1. The van der Waals surface area contributed by atoms with Gasteiger partial charge in [0.25, 0.3) is 0 Å². The van der Waals surface area contributed by atoms with Crippen molar-refractivity contribution in [1.82, 2.24) is 0 Å². The number of carbonyl (C=O) groups is 3. The average Bonchev–Trinajstić information content (AvgIpc) is 3.24. The van der Waals surface area contributed by atoms with Gasteiger partial charge in [0, 0.05) is 19.3 Å². The SMILES string of the molecule is CCCCCCCCCCCCCCCCCCCC(=O)OC[C@@H](COC(=O)CCCCCCCCCCCCCC)OC(=O)CCCCCCCCCCCCCCC. The number of esters is 3. The second kappa shape index (κ2) is 50.1. The van der Waals surface area contributed by atoms with Gasteiger partial charge in [-0.2, -0.15) is 0 Å². The van der Waals surface area contributed by atoms with Crippen LogP contribution in [0.1, 0.15) is 310 Å². The molecular weight excluding hydrogens is 745 g/mol. The van der Waals surface area contributed by atoms with Crippen molar-refractivity contribution in [3.63, 3.8) is 0 Å². The van der Waals surface area contributed by atoms with Crippen LogP contribution in [0.4, 0.5) is 0 Å². The first kappa shape index (κ1) is 58.4. The molecule has 0 heterocycles. The summed E-state index contributed by atoms with van der Waals surface area (Å²) in [6.45, 7) is 6.69. The van der Waals surface area contributed by atoms with E-state index in [0.717, 1.165) is 57.8 Å². The highest BCUT2D eigenvalue weighted by atomic mass is 16.6. The summed E-state index contributed by atoms with van der Waals surface area (Å²) in [6.07, 6.45) is 53.7. The molecule has 60 heavy (non-hydrogen) atoms. The monoisotopic (exact) mass is 849 g/mol. The van der Waals surface area contributed by atoms with E-state index in [1.165, 1.54) is 212 Å². The fourth-order valence-corrected chi connectivity index (χ4v) is 8.27. The highest BCUT2D eigenvalue weighted by Crippen LogP contribution is 2.17. The lowest BCUT2D eigenvalue weighted by atomic mass is 10.0. The number of hydrogen-bond donors (Lipinski definition) is 0. The molecule has 1 atom stereocenters. The molecule has 0 fully saturated rings. The van der Waals surface area contributed by atoms with Crippen LogP contribution in [0.3, 0.4) is 0 Å². The zero-order valence-electron chi connectivity index (χ0n) is 40.8. The molecule has 0 rings (SSSR count). The van der Waals surface area contributed by atoms with Crippen LogP contribution < -0.4 is 0 Å². The van der Waals surface area contributed by atoms with Crippen molar-refractivity contribution in [2.75, 3.05) is 13.2 Å². The molecule has 0 unspecified atom stereocenters. The Morgan fingerprint density at radius 3 is 0.667 bits per heavy atom. The third-order valence-electron chi connectivity index (χ3n) is 12.4. The largest absolute Gasteiger partial charge is 0.462 e. The van der Waals surface area contributed by atoms with E-state index >= 15 is 0 Å². The first-order valence-corrected chi connectivity index (χ1v) is 27.0.